The predicted molar refractivity (Wildman–Crippen MR) is 43.0 cm³/mol. The summed E-state index contributed by atoms with van der Waals surface area (Å²) in [4.78, 5) is 0. The van der Waals surface area contributed by atoms with E-state index in [-0.39, 0.29) is 0 Å². The fraction of sp³-hybridized carbons (Fsp3) is 1.00. The van der Waals surface area contributed by atoms with Crippen molar-refractivity contribution in [2.75, 3.05) is 0 Å². The highest BCUT2D eigenvalue weighted by molar-refractivity contribution is 4.91. The zero-order valence-corrected chi connectivity index (χ0v) is 6.77. The highest BCUT2D eigenvalue weighted by Crippen LogP contribution is 2.32. The Bertz CT molecular complexity index is 110. The molecule has 2 heterocycles. The maximum absolute atomic E-state index is 3.65. The predicted octanol–water partition coefficient (Wildman–Crippen LogP) is 1.93. The molecule has 0 unspecified atom stereocenters. The summed E-state index contributed by atoms with van der Waals surface area (Å²) >= 11 is 0. The van der Waals surface area contributed by atoms with Gasteiger partial charge in [0.1, 0.15) is 0 Å². The molecule has 0 aromatic rings. The Kier molecular flexibility index (Phi) is 1.69. The molecule has 1 nitrogen and oxygen atoms in total. The summed E-state index contributed by atoms with van der Waals surface area (Å²) in [5.41, 5.74) is 0. The van der Waals surface area contributed by atoms with Gasteiger partial charge in [-0.3, -0.25) is 0 Å². The Morgan fingerprint density at radius 3 is 2.30 bits per heavy atom. The zero-order valence-electron chi connectivity index (χ0n) is 6.77. The van der Waals surface area contributed by atoms with Crippen molar-refractivity contribution in [1.82, 2.24) is 5.32 Å². The summed E-state index contributed by atoms with van der Waals surface area (Å²) < 4.78 is 0. The summed E-state index contributed by atoms with van der Waals surface area (Å²) in [6.07, 6.45) is 7.19. The smallest absolute Gasteiger partial charge is 0.00728 e. The van der Waals surface area contributed by atoms with E-state index in [1.165, 1.54) is 32.1 Å². The SMILES string of the molecule is CC[C@@H]1C[C@H]2CC[C@@H](C1)N2. The average Bonchev–Trinajstić information content (AvgIpc) is 2.30. The Morgan fingerprint density at radius 2 is 1.80 bits per heavy atom. The molecule has 0 aliphatic carbocycles. The minimum Gasteiger partial charge on any atom is -0.311 e. The van der Waals surface area contributed by atoms with E-state index in [1.54, 1.807) is 0 Å². The van der Waals surface area contributed by atoms with Crippen molar-refractivity contribution < 1.29 is 0 Å². The van der Waals surface area contributed by atoms with Crippen LogP contribution in [0.4, 0.5) is 0 Å². The van der Waals surface area contributed by atoms with Crippen LogP contribution in [0.25, 0.3) is 0 Å². The topological polar surface area (TPSA) is 12.0 Å². The molecule has 2 aliphatic heterocycles. The lowest BCUT2D eigenvalue weighted by molar-refractivity contribution is 0.293. The molecule has 2 rings (SSSR count). The van der Waals surface area contributed by atoms with Crippen molar-refractivity contribution >= 4 is 0 Å². The van der Waals surface area contributed by atoms with Crippen molar-refractivity contribution in [2.45, 2.75) is 51.1 Å². The molecular formula is C9H17N. The Hall–Kier alpha value is -0.0400. The third kappa shape index (κ3) is 1.07. The summed E-state index contributed by atoms with van der Waals surface area (Å²) in [5.74, 6) is 1.04. The van der Waals surface area contributed by atoms with Crippen LogP contribution in [-0.2, 0) is 0 Å². The molecule has 0 aromatic carbocycles. The van der Waals surface area contributed by atoms with Crippen LogP contribution in [0.2, 0.25) is 0 Å². The summed E-state index contributed by atoms with van der Waals surface area (Å²) in [6, 6.07) is 1.78. The molecule has 2 bridgehead atoms. The van der Waals surface area contributed by atoms with Gasteiger partial charge >= 0.3 is 0 Å². The van der Waals surface area contributed by atoms with Crippen LogP contribution in [0.15, 0.2) is 0 Å². The normalized spacial score (nSPS) is 45.9. The van der Waals surface area contributed by atoms with Gasteiger partial charge in [-0.1, -0.05) is 13.3 Å². The lowest BCUT2D eigenvalue weighted by atomic mass is 9.90. The van der Waals surface area contributed by atoms with E-state index in [0.29, 0.717) is 0 Å². The third-order valence-corrected chi connectivity index (χ3v) is 3.15. The van der Waals surface area contributed by atoms with Gasteiger partial charge < -0.3 is 5.32 Å². The second kappa shape index (κ2) is 2.54. The molecule has 0 radical (unpaired) electrons. The van der Waals surface area contributed by atoms with Gasteiger partial charge in [-0.25, -0.2) is 0 Å². The maximum atomic E-state index is 3.65. The summed E-state index contributed by atoms with van der Waals surface area (Å²) in [7, 11) is 0. The van der Waals surface area contributed by atoms with E-state index in [0.717, 1.165) is 18.0 Å². The average molecular weight is 139 g/mol. The first-order valence-electron chi connectivity index (χ1n) is 4.64. The first-order valence-corrected chi connectivity index (χ1v) is 4.64. The highest BCUT2D eigenvalue weighted by atomic mass is 15.0. The van der Waals surface area contributed by atoms with Crippen molar-refractivity contribution in [1.29, 1.82) is 0 Å². The van der Waals surface area contributed by atoms with E-state index in [1.807, 2.05) is 0 Å². The van der Waals surface area contributed by atoms with Gasteiger partial charge in [0.25, 0.3) is 0 Å². The number of piperidine rings is 1. The summed E-state index contributed by atoms with van der Waals surface area (Å²) in [5, 5.41) is 3.65. The lowest BCUT2D eigenvalue weighted by Crippen LogP contribution is -2.37. The van der Waals surface area contributed by atoms with Crippen molar-refractivity contribution in [3.8, 4) is 0 Å². The fourth-order valence-corrected chi connectivity index (χ4v) is 2.51. The highest BCUT2D eigenvalue weighted by Gasteiger charge is 2.32. The maximum Gasteiger partial charge on any atom is 0.00728 e. The van der Waals surface area contributed by atoms with Crippen LogP contribution in [0, 0.1) is 5.92 Å². The summed E-state index contributed by atoms with van der Waals surface area (Å²) in [6.45, 7) is 2.33. The van der Waals surface area contributed by atoms with Gasteiger partial charge in [-0.05, 0) is 31.6 Å². The van der Waals surface area contributed by atoms with Crippen LogP contribution in [-0.4, -0.2) is 12.1 Å². The molecule has 0 spiro atoms. The Balaban J connectivity index is 1.96. The van der Waals surface area contributed by atoms with Gasteiger partial charge in [0.15, 0.2) is 0 Å². The minimum absolute atomic E-state index is 0.892. The third-order valence-electron chi connectivity index (χ3n) is 3.15. The first-order chi connectivity index (χ1) is 4.88. The molecule has 1 heteroatoms. The van der Waals surface area contributed by atoms with Crippen LogP contribution in [0.5, 0.6) is 0 Å². The monoisotopic (exact) mass is 139 g/mol. The molecule has 1 N–H and O–H groups in total. The van der Waals surface area contributed by atoms with Gasteiger partial charge in [-0.15, -0.1) is 0 Å². The van der Waals surface area contributed by atoms with Crippen LogP contribution < -0.4 is 5.32 Å². The van der Waals surface area contributed by atoms with Crippen LogP contribution in [0.1, 0.15) is 39.0 Å². The second-order valence-electron chi connectivity index (χ2n) is 3.88. The molecule has 0 aromatic heterocycles. The molecule has 58 valence electrons. The van der Waals surface area contributed by atoms with Crippen LogP contribution >= 0.6 is 0 Å². The molecule has 3 atom stereocenters. The molecule has 10 heavy (non-hydrogen) atoms. The number of fused-ring (bicyclic) bond motifs is 2. The molecule has 2 saturated heterocycles. The number of nitrogens with one attached hydrogen (secondary N) is 1. The van der Waals surface area contributed by atoms with Gasteiger partial charge in [-0.2, -0.15) is 0 Å². The lowest BCUT2D eigenvalue weighted by Gasteiger charge is -2.27. The number of rotatable bonds is 1. The van der Waals surface area contributed by atoms with Crippen LogP contribution in [0.3, 0.4) is 0 Å². The molecule has 0 amide bonds. The van der Waals surface area contributed by atoms with E-state index >= 15 is 0 Å². The Labute approximate surface area is 63.2 Å². The fourth-order valence-electron chi connectivity index (χ4n) is 2.51. The number of hydrogen-bond donors (Lipinski definition) is 1. The molecule has 2 fully saturated rings. The van der Waals surface area contributed by atoms with E-state index in [2.05, 4.69) is 12.2 Å². The first kappa shape index (κ1) is 6.66. The molecule has 2 aliphatic rings. The van der Waals surface area contributed by atoms with E-state index in [9.17, 15) is 0 Å². The standard InChI is InChI=1S/C9H17N/c1-2-7-5-8-3-4-9(6-7)10-8/h7-10H,2-6H2,1H3/t7-,8-,9+. The van der Waals surface area contributed by atoms with E-state index in [4.69, 9.17) is 0 Å². The van der Waals surface area contributed by atoms with Crippen molar-refractivity contribution in [3.63, 3.8) is 0 Å². The number of hydrogen-bond acceptors (Lipinski definition) is 1. The zero-order chi connectivity index (χ0) is 6.97. The largest absolute Gasteiger partial charge is 0.311 e. The van der Waals surface area contributed by atoms with Crippen molar-refractivity contribution in [2.24, 2.45) is 5.92 Å². The van der Waals surface area contributed by atoms with Crippen molar-refractivity contribution in [3.05, 3.63) is 0 Å². The van der Waals surface area contributed by atoms with Gasteiger partial charge in [0.05, 0.1) is 0 Å². The van der Waals surface area contributed by atoms with Gasteiger partial charge in [0.2, 0.25) is 0 Å². The minimum atomic E-state index is 0.892. The second-order valence-corrected chi connectivity index (χ2v) is 3.88. The quantitative estimate of drug-likeness (QED) is 0.585. The van der Waals surface area contributed by atoms with Gasteiger partial charge in [0, 0.05) is 12.1 Å². The van der Waals surface area contributed by atoms with E-state index < -0.39 is 0 Å². The molecule has 0 saturated carbocycles. The molecular weight excluding hydrogens is 122 g/mol. The Morgan fingerprint density at radius 1 is 1.20 bits per heavy atom.